The fourth-order valence-electron chi connectivity index (χ4n) is 2.98. The number of aliphatic carboxylic acids is 2. The molecular weight excluding hydrogens is 466 g/mol. The summed E-state index contributed by atoms with van der Waals surface area (Å²) in [6.45, 7) is 3.19. The Balaban J connectivity index is 2.98. The van der Waals surface area contributed by atoms with Crippen LogP contribution in [0.5, 0.6) is 0 Å². The molecule has 4 amide bonds. The average Bonchev–Trinajstić information content (AvgIpc) is 3.26. The maximum atomic E-state index is 12.9. The van der Waals surface area contributed by atoms with Gasteiger partial charge in [0, 0.05) is 24.7 Å². The van der Waals surface area contributed by atoms with Crippen molar-refractivity contribution in [2.24, 2.45) is 17.4 Å². The first-order valence-electron chi connectivity index (χ1n) is 10.7. The second kappa shape index (κ2) is 13.6. The quantitative estimate of drug-likeness (QED) is 0.123. The van der Waals surface area contributed by atoms with Crippen LogP contribution in [0.25, 0.3) is 0 Å². The van der Waals surface area contributed by atoms with Crippen LogP contribution in [0, 0.1) is 5.92 Å². The van der Waals surface area contributed by atoms with Crippen molar-refractivity contribution in [3.63, 3.8) is 0 Å². The molecule has 0 radical (unpaired) electrons. The maximum Gasteiger partial charge on any atom is 0.326 e. The molecule has 0 saturated carbocycles. The number of nitrogens with zero attached hydrogens (tertiary/aromatic N) is 1. The lowest BCUT2D eigenvalue weighted by atomic mass is 10.0. The molecule has 1 aromatic heterocycles. The molecule has 1 rings (SSSR count). The summed E-state index contributed by atoms with van der Waals surface area (Å²) < 4.78 is 0. The Morgan fingerprint density at radius 1 is 1.00 bits per heavy atom. The van der Waals surface area contributed by atoms with Gasteiger partial charge in [-0.2, -0.15) is 0 Å². The molecular formula is C20H31N7O8. The van der Waals surface area contributed by atoms with Crippen molar-refractivity contribution in [2.75, 3.05) is 0 Å². The molecule has 15 nitrogen and oxygen atoms in total. The minimum absolute atomic E-state index is 0.121. The number of nitrogens with one attached hydrogen (secondary N) is 4. The number of rotatable bonds is 15. The van der Waals surface area contributed by atoms with Crippen LogP contribution in [0.1, 0.15) is 38.8 Å². The number of amides is 4. The number of carboxylic acids is 2. The molecule has 4 atom stereocenters. The van der Waals surface area contributed by atoms with E-state index in [9.17, 15) is 33.9 Å². The number of carbonyl (C=O) groups is 6. The number of aromatic amines is 1. The molecule has 4 unspecified atom stereocenters. The van der Waals surface area contributed by atoms with Crippen LogP contribution in [-0.4, -0.2) is 79.9 Å². The van der Waals surface area contributed by atoms with E-state index in [1.165, 1.54) is 12.5 Å². The first kappa shape index (κ1) is 29.0. The second-order valence-electron chi connectivity index (χ2n) is 8.18. The van der Waals surface area contributed by atoms with Crippen LogP contribution in [0.4, 0.5) is 0 Å². The van der Waals surface area contributed by atoms with Gasteiger partial charge in [0.05, 0.1) is 18.8 Å². The number of primary amides is 1. The van der Waals surface area contributed by atoms with Crippen LogP contribution in [0.15, 0.2) is 12.5 Å². The smallest absolute Gasteiger partial charge is 0.326 e. The van der Waals surface area contributed by atoms with E-state index in [0.717, 1.165) is 0 Å². The van der Waals surface area contributed by atoms with Crippen molar-refractivity contribution in [1.82, 2.24) is 25.9 Å². The number of nitrogens with two attached hydrogens (primary N) is 2. The first-order chi connectivity index (χ1) is 16.3. The van der Waals surface area contributed by atoms with Gasteiger partial charge in [0.1, 0.15) is 18.1 Å². The zero-order chi connectivity index (χ0) is 26.7. The van der Waals surface area contributed by atoms with Gasteiger partial charge in [-0.25, -0.2) is 9.78 Å². The fraction of sp³-hybridized carbons (Fsp3) is 0.550. The molecule has 0 aliphatic heterocycles. The predicted molar refractivity (Wildman–Crippen MR) is 119 cm³/mol. The van der Waals surface area contributed by atoms with Crippen molar-refractivity contribution in [1.29, 1.82) is 0 Å². The number of imidazole rings is 1. The monoisotopic (exact) mass is 497 g/mol. The highest BCUT2D eigenvalue weighted by Crippen LogP contribution is 2.07. The summed E-state index contributed by atoms with van der Waals surface area (Å²) >= 11 is 0. The molecule has 15 heteroatoms. The average molecular weight is 498 g/mol. The normalized spacial score (nSPS) is 14.3. The first-order valence-corrected chi connectivity index (χ1v) is 10.7. The summed E-state index contributed by atoms with van der Waals surface area (Å²) in [4.78, 5) is 78.1. The summed E-state index contributed by atoms with van der Waals surface area (Å²) in [5, 5.41) is 25.3. The number of hydrogen-bond donors (Lipinski definition) is 8. The van der Waals surface area contributed by atoms with E-state index in [1.807, 2.05) is 0 Å². The molecule has 0 aromatic carbocycles. The minimum Gasteiger partial charge on any atom is -0.481 e. The van der Waals surface area contributed by atoms with Gasteiger partial charge in [-0.15, -0.1) is 0 Å². The number of carboxylic acid groups (broad SMARTS) is 2. The third-order valence-corrected chi connectivity index (χ3v) is 4.88. The van der Waals surface area contributed by atoms with Gasteiger partial charge in [0.2, 0.25) is 23.6 Å². The highest BCUT2D eigenvalue weighted by atomic mass is 16.4. The second-order valence-corrected chi connectivity index (χ2v) is 8.18. The molecule has 0 aliphatic rings. The Morgan fingerprint density at radius 3 is 2.11 bits per heavy atom. The summed E-state index contributed by atoms with van der Waals surface area (Å²) in [7, 11) is 0. The number of aromatic nitrogens is 2. The fourth-order valence-corrected chi connectivity index (χ4v) is 2.98. The van der Waals surface area contributed by atoms with Crippen molar-refractivity contribution in [2.45, 2.75) is 63.7 Å². The lowest BCUT2D eigenvalue weighted by molar-refractivity contribution is -0.142. The highest BCUT2D eigenvalue weighted by Gasteiger charge is 2.32. The standard InChI is InChI=1S/C20H31N7O8/c1-9(2)16(27-17(31)11(21)6-15(29)30)19(33)25-12(3-4-14(22)28)18(32)26-13(20(34)35)5-10-7-23-8-24-10/h7-9,11-13,16H,3-6,21H2,1-2H3,(H2,22,28)(H,23,24)(H,25,33)(H,26,32)(H,27,31)(H,29,30)(H,34,35). The molecule has 0 bridgehead atoms. The van der Waals surface area contributed by atoms with Crippen LogP contribution >= 0.6 is 0 Å². The van der Waals surface area contributed by atoms with E-state index >= 15 is 0 Å². The Labute approximate surface area is 200 Å². The van der Waals surface area contributed by atoms with E-state index in [-0.39, 0.29) is 19.3 Å². The third-order valence-electron chi connectivity index (χ3n) is 4.88. The molecule has 1 heterocycles. The lowest BCUT2D eigenvalue weighted by Gasteiger charge is -2.26. The van der Waals surface area contributed by atoms with Gasteiger partial charge >= 0.3 is 11.9 Å². The van der Waals surface area contributed by atoms with E-state index in [2.05, 4.69) is 25.9 Å². The number of H-pyrrole nitrogens is 1. The predicted octanol–water partition coefficient (Wildman–Crippen LogP) is -2.79. The molecule has 0 aliphatic carbocycles. The van der Waals surface area contributed by atoms with Gasteiger partial charge in [-0.3, -0.25) is 24.0 Å². The third kappa shape index (κ3) is 10.2. The number of hydrogen-bond acceptors (Lipinski definition) is 8. The maximum absolute atomic E-state index is 12.9. The molecule has 0 fully saturated rings. The van der Waals surface area contributed by atoms with Gasteiger partial charge in [-0.05, 0) is 12.3 Å². The Kier molecular flexibility index (Phi) is 11.3. The summed E-state index contributed by atoms with van der Waals surface area (Å²) in [5.74, 6) is -6.48. The summed E-state index contributed by atoms with van der Waals surface area (Å²) in [6.07, 6.45) is 1.42. The van der Waals surface area contributed by atoms with Crippen molar-refractivity contribution in [3.8, 4) is 0 Å². The van der Waals surface area contributed by atoms with Gasteiger partial charge < -0.3 is 42.6 Å². The number of carbonyl (C=O) groups excluding carboxylic acids is 4. The Hall–Kier alpha value is -4.01. The van der Waals surface area contributed by atoms with Crippen LogP contribution < -0.4 is 27.4 Å². The van der Waals surface area contributed by atoms with E-state index < -0.39 is 72.1 Å². The SMILES string of the molecule is CC(C)C(NC(=O)C(N)CC(=O)O)C(=O)NC(CCC(N)=O)C(=O)NC(Cc1cnc[nH]1)C(=O)O. The molecule has 10 N–H and O–H groups in total. The van der Waals surface area contributed by atoms with Crippen LogP contribution in [-0.2, 0) is 35.2 Å². The topological polar surface area (TPSA) is 260 Å². The Morgan fingerprint density at radius 2 is 1.63 bits per heavy atom. The van der Waals surface area contributed by atoms with Gasteiger partial charge in [-0.1, -0.05) is 13.8 Å². The zero-order valence-electron chi connectivity index (χ0n) is 19.3. The molecule has 194 valence electrons. The van der Waals surface area contributed by atoms with Crippen LogP contribution in [0.2, 0.25) is 0 Å². The van der Waals surface area contributed by atoms with Crippen LogP contribution in [0.3, 0.4) is 0 Å². The van der Waals surface area contributed by atoms with E-state index in [4.69, 9.17) is 16.6 Å². The zero-order valence-corrected chi connectivity index (χ0v) is 19.3. The molecule has 0 spiro atoms. The van der Waals surface area contributed by atoms with E-state index in [1.54, 1.807) is 13.8 Å². The van der Waals surface area contributed by atoms with Gasteiger partial charge in [0.25, 0.3) is 0 Å². The largest absolute Gasteiger partial charge is 0.481 e. The molecule has 0 saturated heterocycles. The van der Waals surface area contributed by atoms with Gasteiger partial charge in [0.15, 0.2) is 0 Å². The Bertz CT molecular complexity index is 919. The van der Waals surface area contributed by atoms with Crippen molar-refractivity contribution >= 4 is 35.6 Å². The molecule has 35 heavy (non-hydrogen) atoms. The molecule has 1 aromatic rings. The minimum atomic E-state index is -1.41. The summed E-state index contributed by atoms with van der Waals surface area (Å²) in [6, 6.07) is -5.34. The van der Waals surface area contributed by atoms with Crippen molar-refractivity contribution in [3.05, 3.63) is 18.2 Å². The van der Waals surface area contributed by atoms with E-state index in [0.29, 0.717) is 5.69 Å². The lowest BCUT2D eigenvalue weighted by Crippen LogP contribution is -2.58. The highest BCUT2D eigenvalue weighted by molar-refractivity contribution is 5.95. The summed E-state index contributed by atoms with van der Waals surface area (Å²) in [5.41, 5.74) is 11.1. The van der Waals surface area contributed by atoms with Crippen molar-refractivity contribution < 1.29 is 39.0 Å².